The number of allylic oxidation sites excluding steroid dienone is 6. The SMILES string of the molecule is CCCCC/C=C\C/C=C\CCCCCCCCCC(=O)OC(COC(=O)CCCCCCC/C=C\CCCCCCCCCCC)COC(=O)CCCCCCCCCCCC. The van der Waals surface area contributed by atoms with E-state index in [1.165, 1.54) is 173 Å². The van der Waals surface area contributed by atoms with E-state index in [1.807, 2.05) is 0 Å². The molecule has 0 spiro atoms. The van der Waals surface area contributed by atoms with Gasteiger partial charge < -0.3 is 14.2 Å². The van der Waals surface area contributed by atoms with E-state index >= 15 is 0 Å². The van der Waals surface area contributed by atoms with Gasteiger partial charge in [0, 0.05) is 19.3 Å². The van der Waals surface area contributed by atoms with Crippen molar-refractivity contribution in [2.75, 3.05) is 13.2 Å². The van der Waals surface area contributed by atoms with Gasteiger partial charge in [-0.1, -0.05) is 231 Å². The van der Waals surface area contributed by atoms with Crippen LogP contribution in [0.1, 0.15) is 290 Å². The minimum absolute atomic E-state index is 0.0752. The summed E-state index contributed by atoms with van der Waals surface area (Å²) in [6.45, 7) is 6.62. The van der Waals surface area contributed by atoms with Crippen LogP contribution in [0.5, 0.6) is 0 Å². The van der Waals surface area contributed by atoms with Crippen molar-refractivity contribution >= 4 is 17.9 Å². The molecule has 0 bridgehead atoms. The molecular formula is C57H104O6. The molecule has 0 aliphatic carbocycles. The van der Waals surface area contributed by atoms with Crippen LogP contribution in [0, 0.1) is 0 Å². The fourth-order valence-electron chi connectivity index (χ4n) is 7.94. The number of hydrogen-bond donors (Lipinski definition) is 0. The Bertz CT molecular complexity index is 1060. The smallest absolute Gasteiger partial charge is 0.306 e. The molecular weight excluding hydrogens is 781 g/mol. The summed E-state index contributed by atoms with van der Waals surface area (Å²) in [6.07, 6.45) is 61.3. The third-order valence-corrected chi connectivity index (χ3v) is 12.1. The van der Waals surface area contributed by atoms with E-state index in [1.54, 1.807) is 0 Å². The number of rotatable bonds is 50. The van der Waals surface area contributed by atoms with Gasteiger partial charge in [0.25, 0.3) is 0 Å². The van der Waals surface area contributed by atoms with Crippen LogP contribution in [-0.2, 0) is 28.6 Å². The average molecular weight is 885 g/mol. The second-order valence-electron chi connectivity index (χ2n) is 18.5. The number of hydrogen-bond acceptors (Lipinski definition) is 6. The Labute approximate surface area is 391 Å². The molecule has 0 saturated heterocycles. The molecule has 0 heterocycles. The lowest BCUT2D eigenvalue weighted by atomic mass is 10.1. The molecule has 1 atom stereocenters. The fourth-order valence-corrected chi connectivity index (χ4v) is 7.94. The van der Waals surface area contributed by atoms with Crippen LogP contribution in [0.4, 0.5) is 0 Å². The third-order valence-electron chi connectivity index (χ3n) is 12.1. The highest BCUT2D eigenvalue weighted by Crippen LogP contribution is 2.15. The quantitative estimate of drug-likeness (QED) is 0.0262. The number of carbonyl (C=O) groups excluding carboxylic acids is 3. The van der Waals surface area contributed by atoms with E-state index in [2.05, 4.69) is 57.2 Å². The number of carbonyl (C=O) groups is 3. The Morgan fingerprint density at radius 1 is 0.317 bits per heavy atom. The lowest BCUT2D eigenvalue weighted by molar-refractivity contribution is -0.167. The van der Waals surface area contributed by atoms with Crippen molar-refractivity contribution in [3.63, 3.8) is 0 Å². The van der Waals surface area contributed by atoms with Crippen LogP contribution in [0.2, 0.25) is 0 Å². The highest BCUT2D eigenvalue weighted by atomic mass is 16.6. The molecule has 1 unspecified atom stereocenters. The molecule has 0 aromatic rings. The van der Waals surface area contributed by atoms with Gasteiger partial charge in [-0.15, -0.1) is 0 Å². The molecule has 0 rings (SSSR count). The molecule has 63 heavy (non-hydrogen) atoms. The second kappa shape index (κ2) is 52.3. The Hall–Kier alpha value is -2.37. The maximum atomic E-state index is 12.8. The average Bonchev–Trinajstić information content (AvgIpc) is 3.28. The normalized spacial score (nSPS) is 12.2. The summed E-state index contributed by atoms with van der Waals surface area (Å²) >= 11 is 0. The minimum atomic E-state index is -0.776. The van der Waals surface area contributed by atoms with Crippen LogP contribution in [-0.4, -0.2) is 37.2 Å². The first-order valence-corrected chi connectivity index (χ1v) is 27.5. The second-order valence-corrected chi connectivity index (χ2v) is 18.5. The van der Waals surface area contributed by atoms with Gasteiger partial charge in [-0.25, -0.2) is 0 Å². The molecule has 6 heteroatoms. The summed E-state index contributed by atoms with van der Waals surface area (Å²) in [6, 6.07) is 0. The standard InChI is InChI=1S/C57H104O6/c1-4-7-10-13-16-19-22-24-26-28-30-31-33-35-38-41-44-47-50-56(59)62-53-54(52-61-55(58)49-46-43-40-37-21-18-15-12-9-6-3)63-57(60)51-48-45-42-39-36-34-32-29-27-25-23-20-17-14-11-8-5-2/h17,20,25,27,30-31,54H,4-16,18-19,21-24,26,28-29,32-53H2,1-3H3/b20-17-,27-25-,31-30-. The first-order valence-electron chi connectivity index (χ1n) is 27.5. The molecule has 0 aliphatic heterocycles. The van der Waals surface area contributed by atoms with Gasteiger partial charge in [0.1, 0.15) is 13.2 Å². The molecule has 0 saturated carbocycles. The predicted octanol–water partition coefficient (Wildman–Crippen LogP) is 18.1. The first-order chi connectivity index (χ1) is 31.0. The molecule has 0 fully saturated rings. The minimum Gasteiger partial charge on any atom is -0.462 e. The molecule has 368 valence electrons. The maximum absolute atomic E-state index is 12.8. The summed E-state index contributed by atoms with van der Waals surface area (Å²) < 4.78 is 16.8. The summed E-state index contributed by atoms with van der Waals surface area (Å²) in [5.74, 6) is -0.881. The Balaban J connectivity index is 4.32. The number of unbranched alkanes of at least 4 members (excludes halogenated alkanes) is 33. The Morgan fingerprint density at radius 2 is 0.571 bits per heavy atom. The van der Waals surface area contributed by atoms with E-state index < -0.39 is 6.10 Å². The van der Waals surface area contributed by atoms with Crippen molar-refractivity contribution in [1.29, 1.82) is 0 Å². The summed E-state index contributed by atoms with van der Waals surface area (Å²) in [5, 5.41) is 0. The number of esters is 3. The van der Waals surface area contributed by atoms with Crippen molar-refractivity contribution in [2.45, 2.75) is 297 Å². The summed E-state index contributed by atoms with van der Waals surface area (Å²) in [5.41, 5.74) is 0. The maximum Gasteiger partial charge on any atom is 0.306 e. The van der Waals surface area contributed by atoms with Gasteiger partial charge in [-0.05, 0) is 77.0 Å². The monoisotopic (exact) mass is 885 g/mol. The largest absolute Gasteiger partial charge is 0.462 e. The lowest BCUT2D eigenvalue weighted by Gasteiger charge is -2.18. The molecule has 0 radical (unpaired) electrons. The van der Waals surface area contributed by atoms with Gasteiger partial charge in [-0.3, -0.25) is 14.4 Å². The third kappa shape index (κ3) is 50.5. The van der Waals surface area contributed by atoms with E-state index in [0.717, 1.165) is 77.0 Å². The van der Waals surface area contributed by atoms with Crippen molar-refractivity contribution < 1.29 is 28.6 Å². The molecule has 0 aromatic heterocycles. The summed E-state index contributed by atoms with van der Waals surface area (Å²) in [7, 11) is 0. The van der Waals surface area contributed by atoms with E-state index in [-0.39, 0.29) is 31.1 Å². The van der Waals surface area contributed by atoms with E-state index in [4.69, 9.17) is 14.2 Å². The lowest BCUT2D eigenvalue weighted by Crippen LogP contribution is -2.30. The van der Waals surface area contributed by atoms with Crippen molar-refractivity contribution in [2.24, 2.45) is 0 Å². The zero-order valence-electron chi connectivity index (χ0n) is 42.1. The van der Waals surface area contributed by atoms with E-state index in [0.29, 0.717) is 19.3 Å². The molecule has 0 aliphatic rings. The van der Waals surface area contributed by atoms with Gasteiger partial charge in [0.05, 0.1) is 0 Å². The van der Waals surface area contributed by atoms with Crippen LogP contribution in [0.3, 0.4) is 0 Å². The van der Waals surface area contributed by atoms with Gasteiger partial charge in [-0.2, -0.15) is 0 Å². The zero-order chi connectivity index (χ0) is 45.8. The fraction of sp³-hybridized carbons (Fsp3) is 0.842. The number of ether oxygens (including phenoxy) is 3. The Morgan fingerprint density at radius 3 is 0.921 bits per heavy atom. The van der Waals surface area contributed by atoms with E-state index in [9.17, 15) is 14.4 Å². The topological polar surface area (TPSA) is 78.9 Å². The molecule has 6 nitrogen and oxygen atoms in total. The summed E-state index contributed by atoms with van der Waals surface area (Å²) in [4.78, 5) is 38.0. The van der Waals surface area contributed by atoms with Crippen LogP contribution < -0.4 is 0 Å². The van der Waals surface area contributed by atoms with Crippen LogP contribution in [0.25, 0.3) is 0 Å². The van der Waals surface area contributed by atoms with Gasteiger partial charge >= 0.3 is 17.9 Å². The highest BCUT2D eigenvalue weighted by molar-refractivity contribution is 5.71. The first kappa shape index (κ1) is 60.6. The van der Waals surface area contributed by atoms with Gasteiger partial charge in [0.2, 0.25) is 0 Å². The van der Waals surface area contributed by atoms with Crippen molar-refractivity contribution in [3.8, 4) is 0 Å². The Kier molecular flexibility index (Phi) is 50.3. The molecule has 0 N–H and O–H groups in total. The van der Waals surface area contributed by atoms with Crippen molar-refractivity contribution in [3.05, 3.63) is 36.5 Å². The van der Waals surface area contributed by atoms with Crippen LogP contribution in [0.15, 0.2) is 36.5 Å². The highest BCUT2D eigenvalue weighted by Gasteiger charge is 2.19. The zero-order valence-corrected chi connectivity index (χ0v) is 42.1. The molecule has 0 aromatic carbocycles. The van der Waals surface area contributed by atoms with Gasteiger partial charge in [0.15, 0.2) is 6.10 Å². The predicted molar refractivity (Wildman–Crippen MR) is 270 cm³/mol. The van der Waals surface area contributed by atoms with Crippen molar-refractivity contribution in [1.82, 2.24) is 0 Å². The molecule has 0 amide bonds. The van der Waals surface area contributed by atoms with Crippen LogP contribution >= 0.6 is 0 Å².